The fraction of sp³-hybridized carbons (Fsp3) is 0.167. The van der Waals surface area contributed by atoms with Crippen molar-refractivity contribution in [1.29, 1.82) is 0 Å². The van der Waals surface area contributed by atoms with E-state index in [1.165, 1.54) is 0 Å². The summed E-state index contributed by atoms with van der Waals surface area (Å²) in [5.74, 6) is -1.96. The first kappa shape index (κ1) is 8.38. The standard InChI is InChI=1S/C6H5FN2O3/c1-2(10)4-3(7)5(11)9-6(12)8-4/h1H3,(H2,8,9,11,12). The number of hydrogen-bond donors (Lipinski definition) is 2. The maximum Gasteiger partial charge on any atom is 0.326 e. The highest BCUT2D eigenvalue weighted by atomic mass is 19.1. The molecule has 6 heteroatoms. The van der Waals surface area contributed by atoms with Crippen LogP contribution >= 0.6 is 0 Å². The molecule has 0 aromatic carbocycles. The van der Waals surface area contributed by atoms with E-state index >= 15 is 0 Å². The smallest absolute Gasteiger partial charge is 0.302 e. The molecule has 0 amide bonds. The van der Waals surface area contributed by atoms with Crippen molar-refractivity contribution >= 4 is 5.78 Å². The maximum atomic E-state index is 12.7. The number of halogens is 1. The van der Waals surface area contributed by atoms with Crippen LogP contribution in [-0.2, 0) is 0 Å². The van der Waals surface area contributed by atoms with Gasteiger partial charge in [0.1, 0.15) is 5.69 Å². The second-order valence-electron chi connectivity index (χ2n) is 2.15. The summed E-state index contributed by atoms with van der Waals surface area (Å²) in [4.78, 5) is 35.2. The number of carbonyl (C=O) groups is 1. The van der Waals surface area contributed by atoms with Crippen LogP contribution in [0.1, 0.15) is 17.4 Å². The summed E-state index contributed by atoms with van der Waals surface area (Å²) in [6.45, 7) is 1.05. The predicted octanol–water partition coefficient (Wildman–Crippen LogP) is -0.595. The molecular weight excluding hydrogens is 167 g/mol. The van der Waals surface area contributed by atoms with Gasteiger partial charge >= 0.3 is 5.69 Å². The zero-order chi connectivity index (χ0) is 9.30. The summed E-state index contributed by atoms with van der Waals surface area (Å²) in [6.07, 6.45) is 0. The molecule has 0 saturated heterocycles. The second-order valence-corrected chi connectivity index (χ2v) is 2.15. The van der Waals surface area contributed by atoms with Gasteiger partial charge in [0, 0.05) is 6.92 Å². The minimum Gasteiger partial charge on any atom is -0.302 e. The number of carbonyl (C=O) groups excluding carboxylic acids is 1. The lowest BCUT2D eigenvalue weighted by atomic mass is 10.3. The SMILES string of the molecule is CC(=O)c1[nH]c(=O)[nH]c(=O)c1F. The average molecular weight is 172 g/mol. The molecule has 0 radical (unpaired) electrons. The first-order valence-corrected chi connectivity index (χ1v) is 3.05. The molecule has 0 atom stereocenters. The van der Waals surface area contributed by atoms with Crippen molar-refractivity contribution < 1.29 is 9.18 Å². The van der Waals surface area contributed by atoms with Gasteiger partial charge in [-0.3, -0.25) is 14.6 Å². The molecule has 0 unspecified atom stereocenters. The maximum absolute atomic E-state index is 12.7. The number of aromatic nitrogens is 2. The highest BCUT2D eigenvalue weighted by Crippen LogP contribution is 1.94. The molecule has 64 valence electrons. The molecule has 0 spiro atoms. The van der Waals surface area contributed by atoms with E-state index < -0.39 is 28.5 Å². The van der Waals surface area contributed by atoms with E-state index in [2.05, 4.69) is 0 Å². The van der Waals surface area contributed by atoms with Gasteiger partial charge in [0.05, 0.1) is 0 Å². The molecule has 0 aliphatic heterocycles. The molecule has 12 heavy (non-hydrogen) atoms. The van der Waals surface area contributed by atoms with Gasteiger partial charge in [-0.1, -0.05) is 0 Å². The molecule has 1 heterocycles. The Labute approximate surface area is 65.3 Å². The van der Waals surface area contributed by atoms with Crippen LogP contribution in [0.2, 0.25) is 0 Å². The van der Waals surface area contributed by atoms with Gasteiger partial charge in [-0.15, -0.1) is 0 Å². The van der Waals surface area contributed by atoms with Crippen LogP contribution in [0.3, 0.4) is 0 Å². The van der Waals surface area contributed by atoms with Crippen molar-refractivity contribution in [2.75, 3.05) is 0 Å². The van der Waals surface area contributed by atoms with Crippen LogP contribution in [0.5, 0.6) is 0 Å². The minimum atomic E-state index is -1.26. The van der Waals surface area contributed by atoms with E-state index in [9.17, 15) is 18.8 Å². The lowest BCUT2D eigenvalue weighted by Gasteiger charge is -1.94. The molecule has 0 aliphatic rings. The third kappa shape index (κ3) is 1.31. The summed E-state index contributed by atoms with van der Waals surface area (Å²) in [5.41, 5.74) is -2.68. The molecule has 1 aromatic heterocycles. The van der Waals surface area contributed by atoms with E-state index in [4.69, 9.17) is 0 Å². The molecule has 0 fully saturated rings. The third-order valence-corrected chi connectivity index (χ3v) is 1.24. The Morgan fingerprint density at radius 3 is 2.42 bits per heavy atom. The zero-order valence-corrected chi connectivity index (χ0v) is 6.10. The molecule has 2 N–H and O–H groups in total. The number of nitrogens with one attached hydrogen (secondary N) is 2. The summed E-state index contributed by atoms with van der Waals surface area (Å²) in [5, 5.41) is 0. The molecule has 0 aliphatic carbocycles. The zero-order valence-electron chi connectivity index (χ0n) is 6.10. The van der Waals surface area contributed by atoms with Gasteiger partial charge < -0.3 is 4.98 Å². The monoisotopic (exact) mass is 172 g/mol. The first-order valence-electron chi connectivity index (χ1n) is 3.05. The quantitative estimate of drug-likeness (QED) is 0.555. The van der Waals surface area contributed by atoms with Gasteiger partial charge in [0.2, 0.25) is 5.82 Å². The third-order valence-electron chi connectivity index (χ3n) is 1.24. The van der Waals surface area contributed by atoms with E-state index in [1.54, 1.807) is 4.98 Å². The van der Waals surface area contributed by atoms with Crippen molar-refractivity contribution in [1.82, 2.24) is 9.97 Å². The topological polar surface area (TPSA) is 82.8 Å². The van der Waals surface area contributed by atoms with Crippen LogP contribution < -0.4 is 11.2 Å². The average Bonchev–Trinajstić information content (AvgIpc) is 1.96. The fourth-order valence-corrected chi connectivity index (χ4v) is 0.714. The van der Waals surface area contributed by atoms with Crippen LogP contribution in [0.4, 0.5) is 4.39 Å². The first-order chi connectivity index (χ1) is 5.52. The Morgan fingerprint density at radius 2 is 1.92 bits per heavy atom. The van der Waals surface area contributed by atoms with Gasteiger partial charge in [-0.25, -0.2) is 4.79 Å². The Hall–Kier alpha value is -1.72. The van der Waals surface area contributed by atoms with E-state index in [0.717, 1.165) is 6.92 Å². The highest BCUT2D eigenvalue weighted by Gasteiger charge is 2.11. The normalized spacial score (nSPS) is 9.83. The van der Waals surface area contributed by atoms with Crippen molar-refractivity contribution in [2.24, 2.45) is 0 Å². The summed E-state index contributed by atoms with van der Waals surface area (Å²) in [6, 6.07) is 0. The van der Waals surface area contributed by atoms with E-state index in [0.29, 0.717) is 0 Å². The minimum absolute atomic E-state index is 0.594. The van der Waals surface area contributed by atoms with Gasteiger partial charge in [-0.2, -0.15) is 4.39 Å². The fourth-order valence-electron chi connectivity index (χ4n) is 0.714. The van der Waals surface area contributed by atoms with Gasteiger partial charge in [-0.05, 0) is 0 Å². The van der Waals surface area contributed by atoms with Crippen LogP contribution in [0, 0.1) is 5.82 Å². The highest BCUT2D eigenvalue weighted by molar-refractivity contribution is 5.92. The number of rotatable bonds is 1. The Bertz CT molecular complexity index is 431. The summed E-state index contributed by atoms with van der Waals surface area (Å²) in [7, 11) is 0. The van der Waals surface area contributed by atoms with Crippen LogP contribution in [-0.4, -0.2) is 15.8 Å². The number of aromatic amines is 2. The van der Waals surface area contributed by atoms with Crippen molar-refractivity contribution in [3.05, 3.63) is 32.3 Å². The van der Waals surface area contributed by atoms with E-state index in [-0.39, 0.29) is 0 Å². The molecular formula is C6H5FN2O3. The van der Waals surface area contributed by atoms with Crippen LogP contribution in [0.15, 0.2) is 9.59 Å². The van der Waals surface area contributed by atoms with Crippen molar-refractivity contribution in [3.63, 3.8) is 0 Å². The summed E-state index contributed by atoms with van der Waals surface area (Å²) < 4.78 is 12.7. The van der Waals surface area contributed by atoms with Crippen molar-refractivity contribution in [3.8, 4) is 0 Å². The Kier molecular flexibility index (Phi) is 1.90. The molecule has 1 aromatic rings. The van der Waals surface area contributed by atoms with Crippen molar-refractivity contribution in [2.45, 2.75) is 6.92 Å². The lowest BCUT2D eigenvalue weighted by molar-refractivity contribution is 0.100. The predicted molar refractivity (Wildman–Crippen MR) is 37.6 cm³/mol. The Balaban J connectivity index is 3.59. The number of hydrogen-bond acceptors (Lipinski definition) is 3. The van der Waals surface area contributed by atoms with Crippen LogP contribution in [0.25, 0.3) is 0 Å². The largest absolute Gasteiger partial charge is 0.326 e. The number of Topliss-reactive ketones (excluding diaryl/α,β-unsaturated/α-hetero) is 1. The molecule has 1 rings (SSSR count). The number of ketones is 1. The van der Waals surface area contributed by atoms with E-state index in [1.807, 2.05) is 4.98 Å². The second kappa shape index (κ2) is 2.72. The Morgan fingerprint density at radius 1 is 1.33 bits per heavy atom. The lowest BCUT2D eigenvalue weighted by Crippen LogP contribution is -2.28. The van der Waals surface area contributed by atoms with Gasteiger partial charge in [0.25, 0.3) is 5.56 Å². The van der Waals surface area contributed by atoms with Gasteiger partial charge in [0.15, 0.2) is 5.78 Å². The molecule has 0 bridgehead atoms. The molecule has 0 saturated carbocycles. The summed E-state index contributed by atoms with van der Waals surface area (Å²) >= 11 is 0. The molecule has 5 nitrogen and oxygen atoms in total. The number of H-pyrrole nitrogens is 2.